The van der Waals surface area contributed by atoms with E-state index in [1.165, 1.54) is 0 Å². The lowest BCUT2D eigenvalue weighted by molar-refractivity contribution is 0.528. The molecule has 5 heteroatoms. The summed E-state index contributed by atoms with van der Waals surface area (Å²) in [6.07, 6.45) is 2.66. The first-order chi connectivity index (χ1) is 8.07. The minimum absolute atomic E-state index is 0.0366. The first kappa shape index (κ1) is 13.7. The Morgan fingerprint density at radius 2 is 1.94 bits per heavy atom. The molecule has 5 nitrogen and oxygen atoms in total. The van der Waals surface area contributed by atoms with E-state index >= 15 is 0 Å². The summed E-state index contributed by atoms with van der Waals surface area (Å²) < 4.78 is 0. The van der Waals surface area contributed by atoms with Gasteiger partial charge in [0.05, 0.1) is 0 Å². The van der Waals surface area contributed by atoms with Crippen LogP contribution >= 0.6 is 0 Å². The first-order valence-corrected chi connectivity index (χ1v) is 6.06. The molecule has 0 unspecified atom stereocenters. The Hall–Kier alpha value is -1.36. The largest absolute Gasteiger partial charge is 0.370 e. The van der Waals surface area contributed by atoms with Crippen molar-refractivity contribution in [2.24, 2.45) is 0 Å². The monoisotopic (exact) mass is 237 g/mol. The van der Waals surface area contributed by atoms with Crippen molar-refractivity contribution in [1.82, 2.24) is 15.3 Å². The molecule has 1 aromatic rings. The summed E-state index contributed by atoms with van der Waals surface area (Å²) in [4.78, 5) is 8.40. The smallest absolute Gasteiger partial charge is 0.131 e. The highest BCUT2D eigenvalue weighted by atomic mass is 15.1. The van der Waals surface area contributed by atoms with Gasteiger partial charge in [0.2, 0.25) is 0 Å². The summed E-state index contributed by atoms with van der Waals surface area (Å²) in [5, 5.41) is 9.78. The van der Waals surface area contributed by atoms with Crippen LogP contribution in [0.5, 0.6) is 0 Å². The number of rotatable bonds is 7. The molecule has 1 rings (SSSR count). The maximum atomic E-state index is 4.22. The Balaban J connectivity index is 2.64. The molecule has 0 aliphatic heterocycles. The van der Waals surface area contributed by atoms with E-state index in [0.717, 1.165) is 31.1 Å². The second-order valence-corrected chi connectivity index (χ2v) is 4.75. The number of nitrogens with one attached hydrogen (secondary N) is 3. The molecule has 1 aromatic heterocycles. The van der Waals surface area contributed by atoms with Crippen LogP contribution in [0, 0.1) is 0 Å². The van der Waals surface area contributed by atoms with E-state index in [9.17, 15) is 0 Å². The van der Waals surface area contributed by atoms with E-state index in [1.807, 2.05) is 13.1 Å². The molecule has 0 atom stereocenters. The van der Waals surface area contributed by atoms with Gasteiger partial charge in [0, 0.05) is 24.7 Å². The van der Waals surface area contributed by atoms with Crippen LogP contribution in [-0.2, 0) is 0 Å². The lowest BCUT2D eigenvalue weighted by atomic mass is 10.1. The van der Waals surface area contributed by atoms with E-state index in [4.69, 9.17) is 0 Å². The molecule has 96 valence electrons. The molecule has 3 N–H and O–H groups in total. The molecule has 0 saturated carbocycles. The van der Waals surface area contributed by atoms with Crippen LogP contribution in [0.1, 0.15) is 27.2 Å². The van der Waals surface area contributed by atoms with E-state index in [1.54, 1.807) is 6.33 Å². The zero-order valence-electron chi connectivity index (χ0n) is 11.2. The van der Waals surface area contributed by atoms with Crippen molar-refractivity contribution in [2.75, 3.05) is 30.8 Å². The molecule has 0 bridgehead atoms. The summed E-state index contributed by atoms with van der Waals surface area (Å²) in [7, 11) is 1.94. The normalized spacial score (nSPS) is 11.3. The second-order valence-electron chi connectivity index (χ2n) is 4.75. The topological polar surface area (TPSA) is 61.9 Å². The predicted octanol–water partition coefficient (Wildman–Crippen LogP) is 1.71. The van der Waals surface area contributed by atoms with E-state index in [-0.39, 0.29) is 5.54 Å². The molecular weight excluding hydrogens is 214 g/mol. The quantitative estimate of drug-likeness (QED) is 0.674. The van der Waals surface area contributed by atoms with Crippen LogP contribution < -0.4 is 16.0 Å². The molecule has 0 aliphatic rings. The lowest BCUT2D eigenvalue weighted by Gasteiger charge is -2.26. The molecule has 1 heterocycles. The molecule has 0 aromatic carbocycles. The minimum atomic E-state index is -0.0366. The summed E-state index contributed by atoms with van der Waals surface area (Å²) in [5.74, 6) is 1.71. The summed E-state index contributed by atoms with van der Waals surface area (Å²) in [6.45, 7) is 8.18. The van der Waals surface area contributed by atoms with Crippen molar-refractivity contribution in [2.45, 2.75) is 32.7 Å². The van der Waals surface area contributed by atoms with Gasteiger partial charge in [-0.15, -0.1) is 0 Å². The van der Waals surface area contributed by atoms with Crippen molar-refractivity contribution in [3.8, 4) is 0 Å². The maximum absolute atomic E-state index is 4.22. The maximum Gasteiger partial charge on any atom is 0.131 e. The van der Waals surface area contributed by atoms with Crippen LogP contribution in [0.25, 0.3) is 0 Å². The molecular formula is C12H23N5. The van der Waals surface area contributed by atoms with Crippen LogP contribution in [0.3, 0.4) is 0 Å². The summed E-state index contributed by atoms with van der Waals surface area (Å²) in [6, 6.07) is 1.94. The van der Waals surface area contributed by atoms with E-state index in [2.05, 4.69) is 46.7 Å². The van der Waals surface area contributed by atoms with Gasteiger partial charge in [-0.1, -0.05) is 6.92 Å². The predicted molar refractivity (Wildman–Crippen MR) is 72.4 cm³/mol. The average Bonchev–Trinajstić information content (AvgIpc) is 2.26. The van der Waals surface area contributed by atoms with Crippen LogP contribution in [0.15, 0.2) is 12.4 Å². The van der Waals surface area contributed by atoms with Gasteiger partial charge in [-0.05, 0) is 27.3 Å². The third-order valence-electron chi connectivity index (χ3n) is 2.31. The number of hydrogen-bond donors (Lipinski definition) is 3. The Morgan fingerprint density at radius 1 is 1.24 bits per heavy atom. The zero-order chi connectivity index (χ0) is 12.7. The standard InChI is InChI=1S/C12H23N5/c1-5-6-14-10-7-11(16-9-15-10)17-12(2,3)8-13-4/h7,9,13H,5-6,8H2,1-4H3,(H2,14,15,16,17). The van der Waals surface area contributed by atoms with Gasteiger partial charge in [-0.2, -0.15) is 0 Å². The fourth-order valence-electron chi connectivity index (χ4n) is 1.61. The molecule has 0 saturated heterocycles. The van der Waals surface area contributed by atoms with Crippen LogP contribution in [0.2, 0.25) is 0 Å². The van der Waals surface area contributed by atoms with Crippen molar-refractivity contribution in [3.63, 3.8) is 0 Å². The zero-order valence-corrected chi connectivity index (χ0v) is 11.2. The number of likely N-dealkylation sites (N-methyl/N-ethyl adjacent to an activating group) is 1. The molecule has 17 heavy (non-hydrogen) atoms. The third-order valence-corrected chi connectivity index (χ3v) is 2.31. The van der Waals surface area contributed by atoms with Gasteiger partial charge in [-0.3, -0.25) is 0 Å². The van der Waals surface area contributed by atoms with Gasteiger partial charge in [0.15, 0.2) is 0 Å². The highest BCUT2D eigenvalue weighted by Crippen LogP contribution is 2.14. The molecule has 0 radical (unpaired) electrons. The van der Waals surface area contributed by atoms with Crippen molar-refractivity contribution >= 4 is 11.6 Å². The Bertz CT molecular complexity index is 337. The average molecular weight is 237 g/mol. The lowest BCUT2D eigenvalue weighted by Crippen LogP contribution is -2.40. The van der Waals surface area contributed by atoms with Gasteiger partial charge in [0.25, 0.3) is 0 Å². The Morgan fingerprint density at radius 3 is 2.59 bits per heavy atom. The first-order valence-electron chi connectivity index (χ1n) is 6.06. The number of nitrogens with zero attached hydrogens (tertiary/aromatic N) is 2. The SMILES string of the molecule is CCCNc1cc(NC(C)(C)CNC)ncn1. The third kappa shape index (κ3) is 4.99. The molecule has 0 spiro atoms. The van der Waals surface area contributed by atoms with E-state index < -0.39 is 0 Å². The summed E-state index contributed by atoms with van der Waals surface area (Å²) in [5.41, 5.74) is -0.0366. The van der Waals surface area contributed by atoms with Gasteiger partial charge >= 0.3 is 0 Å². The van der Waals surface area contributed by atoms with E-state index in [0.29, 0.717) is 0 Å². The van der Waals surface area contributed by atoms with Crippen LogP contribution in [-0.4, -0.2) is 35.6 Å². The van der Waals surface area contributed by atoms with Gasteiger partial charge in [-0.25, -0.2) is 9.97 Å². The Labute approximate surface area is 103 Å². The van der Waals surface area contributed by atoms with Gasteiger partial charge < -0.3 is 16.0 Å². The fourth-order valence-corrected chi connectivity index (χ4v) is 1.61. The van der Waals surface area contributed by atoms with Gasteiger partial charge in [0.1, 0.15) is 18.0 Å². The number of aromatic nitrogens is 2. The number of hydrogen-bond acceptors (Lipinski definition) is 5. The van der Waals surface area contributed by atoms with Crippen LogP contribution in [0.4, 0.5) is 11.6 Å². The second kappa shape index (κ2) is 6.39. The molecule has 0 amide bonds. The minimum Gasteiger partial charge on any atom is -0.370 e. The number of anilines is 2. The fraction of sp³-hybridized carbons (Fsp3) is 0.667. The van der Waals surface area contributed by atoms with Crippen molar-refractivity contribution < 1.29 is 0 Å². The molecule has 0 fully saturated rings. The Kier molecular flexibility index (Phi) is 5.15. The van der Waals surface area contributed by atoms with Crippen molar-refractivity contribution in [1.29, 1.82) is 0 Å². The molecule has 0 aliphatic carbocycles. The highest BCUT2D eigenvalue weighted by Gasteiger charge is 2.16. The highest BCUT2D eigenvalue weighted by molar-refractivity contribution is 5.47. The van der Waals surface area contributed by atoms with Crippen molar-refractivity contribution in [3.05, 3.63) is 12.4 Å². The summed E-state index contributed by atoms with van der Waals surface area (Å²) >= 11 is 0.